The van der Waals surface area contributed by atoms with Gasteiger partial charge >= 0.3 is 0 Å². The van der Waals surface area contributed by atoms with Gasteiger partial charge in [0.25, 0.3) is 5.56 Å². The Morgan fingerprint density at radius 1 is 1.04 bits per heavy atom. The van der Waals surface area contributed by atoms with Crippen LogP contribution in [-0.4, -0.2) is 15.0 Å². The maximum absolute atomic E-state index is 12.3. The lowest BCUT2D eigenvalue weighted by Gasteiger charge is -2.11. The van der Waals surface area contributed by atoms with Gasteiger partial charge in [-0.1, -0.05) is 48.0 Å². The van der Waals surface area contributed by atoms with Crippen molar-refractivity contribution in [2.24, 2.45) is 0 Å². The smallest absolute Gasteiger partial charge is 0.262 e. The Hall–Kier alpha value is -3.47. The molecule has 0 saturated heterocycles. The number of fused-ring (bicyclic) bond motifs is 1. The first-order chi connectivity index (χ1) is 12.7. The van der Waals surface area contributed by atoms with Crippen LogP contribution in [-0.2, 0) is 6.42 Å². The molecule has 2 heterocycles. The predicted molar refractivity (Wildman–Crippen MR) is 104 cm³/mol. The van der Waals surface area contributed by atoms with Crippen LogP contribution in [0.1, 0.15) is 16.8 Å². The van der Waals surface area contributed by atoms with E-state index in [1.165, 1.54) is 11.9 Å². The van der Waals surface area contributed by atoms with Gasteiger partial charge < -0.3 is 10.3 Å². The highest BCUT2D eigenvalue weighted by molar-refractivity contribution is 5.90. The Kier molecular flexibility index (Phi) is 4.19. The molecule has 5 nitrogen and oxygen atoms in total. The number of pyridine rings is 1. The Morgan fingerprint density at radius 3 is 2.58 bits per heavy atom. The van der Waals surface area contributed by atoms with Gasteiger partial charge in [-0.25, -0.2) is 9.97 Å². The van der Waals surface area contributed by atoms with E-state index in [0.717, 1.165) is 16.9 Å². The lowest BCUT2D eigenvalue weighted by Crippen LogP contribution is -2.11. The molecular weight excluding hydrogens is 324 g/mol. The fraction of sp³-hybridized carbons (Fsp3) is 0.0952. The molecule has 4 aromatic rings. The molecule has 0 aliphatic heterocycles. The van der Waals surface area contributed by atoms with E-state index in [9.17, 15) is 4.79 Å². The number of aromatic amines is 1. The summed E-state index contributed by atoms with van der Waals surface area (Å²) in [7, 11) is 0. The second-order valence-corrected chi connectivity index (χ2v) is 6.24. The second-order valence-electron chi connectivity index (χ2n) is 6.24. The van der Waals surface area contributed by atoms with E-state index >= 15 is 0 Å². The first kappa shape index (κ1) is 16.0. The quantitative estimate of drug-likeness (QED) is 0.589. The minimum Gasteiger partial charge on any atom is -0.339 e. The first-order valence-electron chi connectivity index (χ1n) is 8.44. The highest BCUT2D eigenvalue weighted by Gasteiger charge is 2.11. The van der Waals surface area contributed by atoms with Gasteiger partial charge in [0, 0.05) is 17.8 Å². The van der Waals surface area contributed by atoms with E-state index in [4.69, 9.17) is 4.98 Å². The number of aromatic nitrogens is 3. The van der Waals surface area contributed by atoms with E-state index in [-0.39, 0.29) is 5.56 Å². The van der Waals surface area contributed by atoms with Crippen LogP contribution in [0.4, 0.5) is 11.5 Å². The Bertz CT molecular complexity index is 1100. The molecule has 5 heteroatoms. The number of rotatable bonds is 4. The summed E-state index contributed by atoms with van der Waals surface area (Å²) in [5.41, 5.74) is 4.49. The van der Waals surface area contributed by atoms with Crippen molar-refractivity contribution in [1.29, 1.82) is 0 Å². The van der Waals surface area contributed by atoms with Crippen molar-refractivity contribution in [1.82, 2.24) is 15.0 Å². The van der Waals surface area contributed by atoms with E-state index in [1.54, 1.807) is 0 Å². The number of hydrogen-bond donors (Lipinski definition) is 2. The molecule has 2 aromatic heterocycles. The highest BCUT2D eigenvalue weighted by atomic mass is 16.1. The van der Waals surface area contributed by atoms with Crippen molar-refractivity contribution < 1.29 is 0 Å². The average Bonchev–Trinajstić information content (AvgIpc) is 2.64. The zero-order valence-electron chi connectivity index (χ0n) is 14.4. The predicted octanol–water partition coefficient (Wildman–Crippen LogP) is 3.96. The van der Waals surface area contributed by atoms with Crippen LogP contribution in [0.5, 0.6) is 0 Å². The minimum atomic E-state index is -0.205. The Morgan fingerprint density at radius 2 is 1.81 bits per heavy atom. The fourth-order valence-electron chi connectivity index (χ4n) is 2.90. The number of nitrogens with one attached hydrogen (secondary N) is 2. The molecule has 0 unspecified atom stereocenters. The molecule has 0 saturated carbocycles. The molecule has 0 amide bonds. The van der Waals surface area contributed by atoms with E-state index in [0.29, 0.717) is 23.1 Å². The second kappa shape index (κ2) is 6.80. The topological polar surface area (TPSA) is 70.7 Å². The minimum absolute atomic E-state index is 0.205. The zero-order chi connectivity index (χ0) is 17.9. The molecule has 26 heavy (non-hydrogen) atoms. The number of benzene rings is 2. The average molecular weight is 342 g/mol. The molecule has 0 radical (unpaired) electrons. The maximum atomic E-state index is 12.3. The summed E-state index contributed by atoms with van der Waals surface area (Å²) in [5, 5.41) is 3.73. The van der Waals surface area contributed by atoms with Gasteiger partial charge in [-0.3, -0.25) is 4.79 Å². The number of anilines is 2. The largest absolute Gasteiger partial charge is 0.339 e. The van der Waals surface area contributed by atoms with Crippen LogP contribution >= 0.6 is 0 Å². The number of hydrogen-bond acceptors (Lipinski definition) is 4. The van der Waals surface area contributed by atoms with Crippen LogP contribution in [0, 0.1) is 6.92 Å². The summed E-state index contributed by atoms with van der Waals surface area (Å²) in [6, 6.07) is 20.0. The highest BCUT2D eigenvalue weighted by Crippen LogP contribution is 2.23. The number of nitrogens with zero attached hydrogens (tertiary/aromatic N) is 2. The van der Waals surface area contributed by atoms with E-state index < -0.39 is 0 Å². The third kappa shape index (κ3) is 3.32. The molecule has 0 aliphatic carbocycles. The standard InChI is InChI=1S/C21H18N4O/c1-14-7-9-16(10-8-14)24-20-19-18(22-13-23-21(19)26)12-17(25-20)11-15-5-3-2-4-6-15/h2-10,12-13H,11H2,1H3,(H,24,25)(H,22,23,26). The summed E-state index contributed by atoms with van der Waals surface area (Å²) >= 11 is 0. The third-order valence-electron chi connectivity index (χ3n) is 4.22. The van der Waals surface area contributed by atoms with Crippen molar-refractivity contribution in [3.63, 3.8) is 0 Å². The van der Waals surface area contributed by atoms with Crippen LogP contribution in [0.15, 0.2) is 71.8 Å². The number of aryl methyl sites for hydroxylation is 1. The van der Waals surface area contributed by atoms with Gasteiger partial charge in [-0.2, -0.15) is 0 Å². The van der Waals surface area contributed by atoms with Gasteiger partial charge in [0.15, 0.2) is 0 Å². The third-order valence-corrected chi connectivity index (χ3v) is 4.22. The van der Waals surface area contributed by atoms with E-state index in [1.807, 2.05) is 55.5 Å². The summed E-state index contributed by atoms with van der Waals surface area (Å²) < 4.78 is 0. The Balaban J connectivity index is 1.80. The first-order valence-corrected chi connectivity index (χ1v) is 8.44. The molecule has 0 bridgehead atoms. The molecule has 128 valence electrons. The molecule has 0 spiro atoms. The molecule has 4 rings (SSSR count). The van der Waals surface area contributed by atoms with Crippen molar-refractivity contribution in [2.75, 3.05) is 5.32 Å². The summed E-state index contributed by atoms with van der Waals surface area (Å²) in [6.07, 6.45) is 2.10. The Labute approximate surface area is 150 Å². The summed E-state index contributed by atoms with van der Waals surface area (Å²) in [4.78, 5) is 24.0. The van der Waals surface area contributed by atoms with Gasteiger partial charge in [-0.15, -0.1) is 0 Å². The molecule has 0 fully saturated rings. The lowest BCUT2D eigenvalue weighted by molar-refractivity contribution is 1.07. The van der Waals surface area contributed by atoms with Gasteiger partial charge in [0.1, 0.15) is 11.2 Å². The van der Waals surface area contributed by atoms with Gasteiger partial charge in [0.05, 0.1) is 11.8 Å². The fourth-order valence-corrected chi connectivity index (χ4v) is 2.90. The SMILES string of the molecule is Cc1ccc(Nc2nc(Cc3ccccc3)cc3nc[nH]c(=O)c23)cc1. The van der Waals surface area contributed by atoms with Crippen LogP contribution in [0.25, 0.3) is 10.9 Å². The van der Waals surface area contributed by atoms with Crippen molar-refractivity contribution >= 4 is 22.4 Å². The van der Waals surface area contributed by atoms with E-state index in [2.05, 4.69) is 27.4 Å². The van der Waals surface area contributed by atoms with Crippen LogP contribution in [0.2, 0.25) is 0 Å². The van der Waals surface area contributed by atoms with Gasteiger partial charge in [0.2, 0.25) is 0 Å². The molecular formula is C21H18N4O. The molecule has 2 aromatic carbocycles. The number of H-pyrrole nitrogens is 1. The van der Waals surface area contributed by atoms with Gasteiger partial charge in [-0.05, 0) is 30.7 Å². The van der Waals surface area contributed by atoms with Crippen LogP contribution in [0.3, 0.4) is 0 Å². The lowest BCUT2D eigenvalue weighted by atomic mass is 10.1. The maximum Gasteiger partial charge on any atom is 0.262 e. The molecule has 0 atom stereocenters. The summed E-state index contributed by atoms with van der Waals surface area (Å²) in [6.45, 7) is 2.03. The van der Waals surface area contributed by atoms with Crippen LogP contribution < -0.4 is 10.9 Å². The van der Waals surface area contributed by atoms with Crippen molar-refractivity contribution in [2.45, 2.75) is 13.3 Å². The van der Waals surface area contributed by atoms with Crippen molar-refractivity contribution in [3.8, 4) is 0 Å². The normalized spacial score (nSPS) is 10.8. The molecule has 2 N–H and O–H groups in total. The summed E-state index contributed by atoms with van der Waals surface area (Å²) in [5.74, 6) is 0.520. The monoisotopic (exact) mass is 342 g/mol. The zero-order valence-corrected chi connectivity index (χ0v) is 14.4. The van der Waals surface area contributed by atoms with Crippen molar-refractivity contribution in [3.05, 3.63) is 94.2 Å². The molecule has 0 aliphatic rings.